The topological polar surface area (TPSA) is 30.9 Å². The van der Waals surface area contributed by atoms with Crippen LogP contribution in [0.2, 0.25) is 0 Å². The van der Waals surface area contributed by atoms with Crippen LogP contribution >= 0.6 is 11.3 Å². The van der Waals surface area contributed by atoms with Crippen LogP contribution in [0, 0.1) is 11.8 Å². The molecule has 0 aliphatic carbocycles. The maximum atomic E-state index is 5.48. The molecule has 2 saturated heterocycles. The molecule has 108 valence electrons. The summed E-state index contributed by atoms with van der Waals surface area (Å²) in [7, 11) is 0. The molecule has 3 rings (SSSR count). The standard InChI is InChI=1S/C15H19NO3S/c1(2-6-16-7-9-17-10-8-16)3-13-4-5-14(20-13)15-18-11-12-19-15/h4-5,15H,2,6-12H2. The zero-order chi connectivity index (χ0) is 13.6. The van der Waals surface area contributed by atoms with E-state index in [0.717, 1.165) is 49.0 Å². The molecule has 1 aromatic rings. The number of hydrogen-bond acceptors (Lipinski definition) is 5. The van der Waals surface area contributed by atoms with Crippen molar-refractivity contribution in [3.63, 3.8) is 0 Å². The van der Waals surface area contributed by atoms with Crippen molar-refractivity contribution in [2.75, 3.05) is 46.1 Å². The van der Waals surface area contributed by atoms with Crippen LogP contribution in [-0.4, -0.2) is 51.0 Å². The Balaban J connectivity index is 1.46. The van der Waals surface area contributed by atoms with Crippen LogP contribution < -0.4 is 0 Å². The Labute approximate surface area is 123 Å². The number of thiophene rings is 1. The molecule has 2 fully saturated rings. The van der Waals surface area contributed by atoms with Crippen molar-refractivity contribution < 1.29 is 14.2 Å². The average molecular weight is 293 g/mol. The molecule has 0 saturated carbocycles. The maximum absolute atomic E-state index is 5.48. The molecule has 0 amide bonds. The maximum Gasteiger partial charge on any atom is 0.193 e. The van der Waals surface area contributed by atoms with E-state index in [1.807, 2.05) is 12.1 Å². The summed E-state index contributed by atoms with van der Waals surface area (Å²) in [4.78, 5) is 4.60. The van der Waals surface area contributed by atoms with Crippen molar-refractivity contribution in [3.8, 4) is 11.8 Å². The summed E-state index contributed by atoms with van der Waals surface area (Å²) >= 11 is 1.66. The molecule has 20 heavy (non-hydrogen) atoms. The monoisotopic (exact) mass is 293 g/mol. The van der Waals surface area contributed by atoms with Crippen molar-refractivity contribution in [1.82, 2.24) is 4.90 Å². The van der Waals surface area contributed by atoms with E-state index in [1.54, 1.807) is 11.3 Å². The number of nitrogens with zero attached hydrogens (tertiary/aromatic N) is 1. The Bertz CT molecular complexity index is 479. The Morgan fingerprint density at radius 1 is 1.15 bits per heavy atom. The third-order valence-electron chi connectivity index (χ3n) is 3.35. The van der Waals surface area contributed by atoms with Crippen molar-refractivity contribution in [2.24, 2.45) is 0 Å². The first-order valence-corrected chi connectivity index (χ1v) is 7.85. The van der Waals surface area contributed by atoms with E-state index >= 15 is 0 Å². The second-order valence-corrected chi connectivity index (χ2v) is 5.90. The fourth-order valence-electron chi connectivity index (χ4n) is 2.26. The highest BCUT2D eigenvalue weighted by molar-refractivity contribution is 7.12. The van der Waals surface area contributed by atoms with Crippen LogP contribution in [-0.2, 0) is 14.2 Å². The van der Waals surface area contributed by atoms with Gasteiger partial charge in [-0.25, -0.2) is 0 Å². The Kier molecular flexibility index (Phi) is 5.06. The van der Waals surface area contributed by atoms with E-state index in [0.29, 0.717) is 13.2 Å². The third-order valence-corrected chi connectivity index (χ3v) is 4.37. The Morgan fingerprint density at radius 2 is 1.95 bits per heavy atom. The van der Waals surface area contributed by atoms with Gasteiger partial charge >= 0.3 is 0 Å². The molecule has 3 heterocycles. The highest BCUT2D eigenvalue weighted by atomic mass is 32.1. The fourth-order valence-corrected chi connectivity index (χ4v) is 3.14. The SMILES string of the molecule is C(#Cc1ccc(C2OCCO2)s1)CCN1CCOCC1. The van der Waals surface area contributed by atoms with E-state index in [2.05, 4.69) is 16.7 Å². The van der Waals surface area contributed by atoms with Gasteiger partial charge in [0, 0.05) is 26.1 Å². The van der Waals surface area contributed by atoms with E-state index < -0.39 is 0 Å². The highest BCUT2D eigenvalue weighted by Crippen LogP contribution is 2.29. The number of hydrogen-bond donors (Lipinski definition) is 0. The second-order valence-electron chi connectivity index (χ2n) is 4.78. The zero-order valence-corrected chi connectivity index (χ0v) is 12.3. The first-order valence-electron chi connectivity index (χ1n) is 7.04. The summed E-state index contributed by atoms with van der Waals surface area (Å²) in [5.74, 6) is 6.48. The zero-order valence-electron chi connectivity index (χ0n) is 11.5. The summed E-state index contributed by atoms with van der Waals surface area (Å²) < 4.78 is 16.3. The quantitative estimate of drug-likeness (QED) is 0.796. The summed E-state index contributed by atoms with van der Waals surface area (Å²) in [6.45, 7) is 6.16. The molecule has 0 atom stereocenters. The molecule has 0 radical (unpaired) electrons. The van der Waals surface area contributed by atoms with E-state index in [-0.39, 0.29) is 6.29 Å². The lowest BCUT2D eigenvalue weighted by atomic mass is 10.3. The molecular weight excluding hydrogens is 274 g/mol. The lowest BCUT2D eigenvalue weighted by Gasteiger charge is -2.25. The molecule has 5 heteroatoms. The Morgan fingerprint density at radius 3 is 2.75 bits per heavy atom. The molecule has 0 spiro atoms. The molecule has 0 aromatic carbocycles. The first-order chi connectivity index (χ1) is 9.92. The summed E-state index contributed by atoms with van der Waals surface area (Å²) in [6, 6.07) is 4.10. The lowest BCUT2D eigenvalue weighted by molar-refractivity contribution is -0.0413. The molecule has 0 unspecified atom stereocenters. The molecule has 2 aliphatic heterocycles. The minimum Gasteiger partial charge on any atom is -0.379 e. The lowest BCUT2D eigenvalue weighted by Crippen LogP contribution is -2.36. The summed E-state index contributed by atoms with van der Waals surface area (Å²) in [5, 5.41) is 0. The Hall–Kier alpha value is -0.900. The summed E-state index contributed by atoms with van der Waals surface area (Å²) in [5.41, 5.74) is 0. The van der Waals surface area contributed by atoms with Gasteiger partial charge in [0.25, 0.3) is 0 Å². The second kappa shape index (κ2) is 7.21. The van der Waals surface area contributed by atoms with Crippen molar-refractivity contribution >= 4 is 11.3 Å². The van der Waals surface area contributed by atoms with Gasteiger partial charge < -0.3 is 14.2 Å². The van der Waals surface area contributed by atoms with Gasteiger partial charge in [-0.15, -0.1) is 11.3 Å². The minimum absolute atomic E-state index is 0.177. The third kappa shape index (κ3) is 3.81. The largest absolute Gasteiger partial charge is 0.379 e. The van der Waals surface area contributed by atoms with E-state index in [9.17, 15) is 0 Å². The van der Waals surface area contributed by atoms with E-state index in [4.69, 9.17) is 14.2 Å². The van der Waals surface area contributed by atoms with Crippen molar-refractivity contribution in [3.05, 3.63) is 21.9 Å². The number of ether oxygens (including phenoxy) is 3. The highest BCUT2D eigenvalue weighted by Gasteiger charge is 2.19. The van der Waals surface area contributed by atoms with Gasteiger partial charge in [-0.1, -0.05) is 11.8 Å². The number of rotatable bonds is 3. The molecule has 4 nitrogen and oxygen atoms in total. The van der Waals surface area contributed by atoms with E-state index in [1.165, 1.54) is 0 Å². The predicted octanol–water partition coefficient (Wildman–Crippen LogP) is 1.87. The van der Waals surface area contributed by atoms with Crippen molar-refractivity contribution in [2.45, 2.75) is 12.7 Å². The number of morpholine rings is 1. The van der Waals surface area contributed by atoms with Crippen LogP contribution in [0.4, 0.5) is 0 Å². The molecule has 0 N–H and O–H groups in total. The molecule has 0 bridgehead atoms. The van der Waals surface area contributed by atoms with Gasteiger partial charge in [0.2, 0.25) is 0 Å². The van der Waals surface area contributed by atoms with Crippen LogP contribution in [0.1, 0.15) is 22.5 Å². The van der Waals surface area contributed by atoms with Gasteiger partial charge in [0.1, 0.15) is 0 Å². The van der Waals surface area contributed by atoms with Gasteiger partial charge in [0.05, 0.1) is 36.2 Å². The van der Waals surface area contributed by atoms with Gasteiger partial charge in [-0.2, -0.15) is 0 Å². The molecule has 1 aromatic heterocycles. The summed E-state index contributed by atoms with van der Waals surface area (Å²) in [6.07, 6.45) is 0.729. The van der Waals surface area contributed by atoms with Crippen molar-refractivity contribution in [1.29, 1.82) is 0 Å². The minimum atomic E-state index is -0.177. The normalized spacial score (nSPS) is 20.8. The van der Waals surface area contributed by atoms with Gasteiger partial charge in [0.15, 0.2) is 6.29 Å². The van der Waals surface area contributed by atoms with Crippen LogP contribution in [0.3, 0.4) is 0 Å². The first kappa shape index (κ1) is 14.1. The molecule has 2 aliphatic rings. The fraction of sp³-hybridized carbons (Fsp3) is 0.600. The molecular formula is C15H19NO3S. The van der Waals surface area contributed by atoms with Crippen LogP contribution in [0.5, 0.6) is 0 Å². The predicted molar refractivity (Wildman–Crippen MR) is 77.7 cm³/mol. The average Bonchev–Trinajstić information content (AvgIpc) is 3.15. The smallest absolute Gasteiger partial charge is 0.193 e. The van der Waals surface area contributed by atoms with Crippen LogP contribution in [0.25, 0.3) is 0 Å². The van der Waals surface area contributed by atoms with Gasteiger partial charge in [-0.05, 0) is 12.1 Å². The van der Waals surface area contributed by atoms with Gasteiger partial charge in [-0.3, -0.25) is 4.90 Å². The van der Waals surface area contributed by atoms with Crippen LogP contribution in [0.15, 0.2) is 12.1 Å².